The molecule has 1 fully saturated rings. The maximum atomic E-state index is 10.5. The van der Waals surface area contributed by atoms with Crippen LogP contribution in [0.4, 0.5) is 0 Å². The van der Waals surface area contributed by atoms with Crippen LogP contribution in [0.25, 0.3) is 0 Å². The number of piperazine rings is 1. The second kappa shape index (κ2) is 8.20. The minimum Gasteiger partial charge on any atom is -0.395 e. The molecule has 2 N–H and O–H groups in total. The molecule has 0 aromatic rings. The second-order valence-corrected chi connectivity index (χ2v) is 5.27. The van der Waals surface area contributed by atoms with Crippen LogP contribution in [0.15, 0.2) is 0 Å². The van der Waals surface area contributed by atoms with Gasteiger partial charge in [0.25, 0.3) is 10.1 Å². The molecule has 1 aliphatic rings. The second-order valence-electron chi connectivity index (χ2n) is 3.69. The molecule has 1 rings (SSSR count). The third-order valence-corrected chi connectivity index (χ3v) is 3.25. The Morgan fingerprint density at radius 2 is 1.44 bits per heavy atom. The van der Waals surface area contributed by atoms with Crippen LogP contribution in [0.3, 0.4) is 0 Å². The van der Waals surface area contributed by atoms with Crippen LogP contribution in [0.1, 0.15) is 0 Å². The van der Waals surface area contributed by atoms with Crippen LogP contribution < -0.4 is 0 Å². The number of hydrogen-bond donors (Lipinski definition) is 2. The Hall–Kier alpha value is 1.05. The molecule has 92 valence electrons. The average Bonchev–Trinajstić information content (AvgIpc) is 2.16. The number of hydrogen-bond acceptors (Lipinski definition) is 5. The molecule has 2 radical (unpaired) electrons. The maximum absolute atomic E-state index is 10.5. The Kier molecular flexibility index (Phi) is 8.74. The molecule has 0 atom stereocenters. The summed E-state index contributed by atoms with van der Waals surface area (Å²) in [7, 11) is -3.84. The minimum atomic E-state index is -3.84. The fraction of sp³-hybridized carbons (Fsp3) is 1.00. The summed E-state index contributed by atoms with van der Waals surface area (Å²) >= 11 is 0. The molecule has 0 aliphatic carbocycles. The van der Waals surface area contributed by atoms with Crippen LogP contribution >= 0.6 is 0 Å². The van der Waals surface area contributed by atoms with Gasteiger partial charge in [-0.2, -0.15) is 8.42 Å². The summed E-state index contributed by atoms with van der Waals surface area (Å²) in [5, 5.41) is 8.73. The first-order valence-electron chi connectivity index (χ1n) is 5.02. The van der Waals surface area contributed by atoms with Crippen LogP contribution in [-0.4, -0.2) is 117 Å². The van der Waals surface area contributed by atoms with Crippen molar-refractivity contribution in [2.75, 3.05) is 51.6 Å². The summed E-state index contributed by atoms with van der Waals surface area (Å²) in [6, 6.07) is 0. The molecular weight excluding hydrogens is 260 g/mol. The normalized spacial score (nSPS) is 19.4. The van der Waals surface area contributed by atoms with Crippen molar-refractivity contribution in [3.8, 4) is 0 Å². The zero-order valence-electron chi connectivity index (χ0n) is 9.38. The van der Waals surface area contributed by atoms with Crippen LogP contribution in [0.5, 0.6) is 0 Å². The summed E-state index contributed by atoms with van der Waals surface area (Å²) < 4.78 is 29.6. The van der Waals surface area contributed by atoms with Crippen LogP contribution in [0.2, 0.25) is 0 Å². The van der Waals surface area contributed by atoms with E-state index < -0.39 is 10.1 Å². The van der Waals surface area contributed by atoms with Crippen molar-refractivity contribution in [3.63, 3.8) is 0 Å². The van der Waals surface area contributed by atoms with Crippen molar-refractivity contribution >= 4 is 47.9 Å². The molecule has 1 saturated heterocycles. The third kappa shape index (κ3) is 7.39. The molecule has 0 unspecified atom stereocenters. The molecule has 0 aromatic carbocycles. The smallest absolute Gasteiger partial charge is 0.266 e. The van der Waals surface area contributed by atoms with Gasteiger partial charge in [-0.25, -0.2) is 0 Å². The molecule has 16 heavy (non-hydrogen) atoms. The summed E-state index contributed by atoms with van der Waals surface area (Å²) in [6.45, 7) is 4.46. The third-order valence-electron chi connectivity index (χ3n) is 2.55. The Bertz CT molecular complexity index is 278. The van der Waals surface area contributed by atoms with Gasteiger partial charge < -0.3 is 5.11 Å². The van der Waals surface area contributed by atoms with Gasteiger partial charge in [0.2, 0.25) is 0 Å². The minimum absolute atomic E-state index is 0. The molecule has 0 saturated carbocycles. The molecule has 0 amide bonds. The first kappa shape index (κ1) is 17.0. The Morgan fingerprint density at radius 1 is 1.00 bits per heavy atom. The molecule has 6 nitrogen and oxygen atoms in total. The average molecular weight is 278 g/mol. The van der Waals surface area contributed by atoms with E-state index >= 15 is 0 Å². The van der Waals surface area contributed by atoms with Gasteiger partial charge in [0.05, 0.1) is 12.4 Å². The Labute approximate surface area is 126 Å². The van der Waals surface area contributed by atoms with Gasteiger partial charge in [0.15, 0.2) is 0 Å². The van der Waals surface area contributed by atoms with E-state index in [1.165, 1.54) is 0 Å². The monoisotopic (exact) mass is 278 g/mol. The molecule has 1 aliphatic heterocycles. The maximum Gasteiger partial charge on any atom is 0.266 e. The van der Waals surface area contributed by atoms with Crippen molar-refractivity contribution in [3.05, 3.63) is 0 Å². The largest absolute Gasteiger partial charge is 0.395 e. The Morgan fingerprint density at radius 3 is 1.81 bits per heavy atom. The van der Waals surface area contributed by atoms with E-state index in [-0.39, 0.29) is 50.1 Å². The zero-order chi connectivity index (χ0) is 11.3. The predicted molar refractivity (Wildman–Crippen MR) is 62.1 cm³/mol. The predicted octanol–water partition coefficient (Wildman–Crippen LogP) is -1.90. The summed E-state index contributed by atoms with van der Waals surface area (Å²) in [4.78, 5) is 4.13. The molecule has 0 spiro atoms. The standard InChI is InChI=1S/C8H18N2O4S.Ca/c11-7-5-9-1-3-10(4-2-9)6-8-15(12,13)14;/h11H,1-8H2,(H,12,13,14);. The van der Waals surface area contributed by atoms with Gasteiger partial charge in [-0.1, -0.05) is 0 Å². The van der Waals surface area contributed by atoms with Crippen molar-refractivity contribution in [1.82, 2.24) is 9.80 Å². The van der Waals surface area contributed by atoms with E-state index in [4.69, 9.17) is 9.66 Å². The summed E-state index contributed by atoms with van der Waals surface area (Å²) in [5.74, 6) is -0.201. The number of β-amino-alcohol motifs (C(OH)–C–C–N with tert-alkyl or cyclic N) is 1. The number of rotatable bonds is 5. The van der Waals surface area contributed by atoms with E-state index in [1.807, 2.05) is 4.90 Å². The Balaban J connectivity index is 0.00000225. The zero-order valence-corrected chi connectivity index (χ0v) is 12.4. The van der Waals surface area contributed by atoms with Crippen molar-refractivity contribution < 1.29 is 18.1 Å². The molecule has 0 aromatic heterocycles. The molecule has 0 bridgehead atoms. The first-order valence-corrected chi connectivity index (χ1v) is 6.63. The quantitative estimate of drug-likeness (QED) is 0.452. The van der Waals surface area contributed by atoms with Gasteiger partial charge >= 0.3 is 0 Å². The van der Waals surface area contributed by atoms with Gasteiger partial charge in [0.1, 0.15) is 0 Å². The van der Waals surface area contributed by atoms with Crippen LogP contribution in [0, 0.1) is 0 Å². The van der Waals surface area contributed by atoms with Gasteiger partial charge in [-0.15, -0.1) is 0 Å². The number of aliphatic hydroxyl groups is 1. The van der Waals surface area contributed by atoms with E-state index in [2.05, 4.69) is 4.90 Å². The fourth-order valence-corrected chi connectivity index (χ4v) is 2.11. The van der Waals surface area contributed by atoms with Crippen LogP contribution in [-0.2, 0) is 10.1 Å². The van der Waals surface area contributed by atoms with Crippen molar-refractivity contribution in [1.29, 1.82) is 0 Å². The van der Waals surface area contributed by atoms with Crippen molar-refractivity contribution in [2.45, 2.75) is 0 Å². The SMILES string of the molecule is O=S(=O)(O)CCN1CCN(CCO)CC1.[Ca]. The summed E-state index contributed by atoms with van der Waals surface area (Å²) in [6.07, 6.45) is 0. The topological polar surface area (TPSA) is 81.1 Å². The first-order chi connectivity index (χ1) is 7.01. The fourth-order valence-electron chi connectivity index (χ4n) is 1.62. The molecule has 8 heteroatoms. The van der Waals surface area contributed by atoms with E-state index in [0.29, 0.717) is 13.1 Å². The summed E-state index contributed by atoms with van der Waals surface area (Å²) in [5.41, 5.74) is 0. The number of aliphatic hydroxyl groups excluding tert-OH is 1. The molecule has 1 heterocycles. The van der Waals surface area contributed by atoms with Crippen molar-refractivity contribution in [2.24, 2.45) is 0 Å². The van der Waals surface area contributed by atoms with Gasteiger partial charge in [0, 0.05) is 77.0 Å². The molecular formula is C8H18CaN2O4S. The van der Waals surface area contributed by atoms with Gasteiger partial charge in [-0.05, 0) is 0 Å². The number of nitrogens with zero attached hydrogens (tertiary/aromatic N) is 2. The van der Waals surface area contributed by atoms with E-state index in [1.54, 1.807) is 0 Å². The van der Waals surface area contributed by atoms with E-state index in [9.17, 15) is 8.42 Å². The van der Waals surface area contributed by atoms with Gasteiger partial charge in [-0.3, -0.25) is 14.4 Å². The van der Waals surface area contributed by atoms with E-state index in [0.717, 1.165) is 26.2 Å².